The van der Waals surface area contributed by atoms with Crippen molar-refractivity contribution in [2.45, 2.75) is 96.7 Å². The third-order valence-electron chi connectivity index (χ3n) is 9.61. The van der Waals surface area contributed by atoms with Crippen molar-refractivity contribution in [2.75, 3.05) is 20.3 Å². The number of benzene rings is 1. The first-order chi connectivity index (χ1) is 19.9. The molecule has 0 amide bonds. The molecule has 4 heterocycles. The number of hydrogen-bond acceptors (Lipinski definition) is 7. The molecule has 5 rings (SSSR count). The molecule has 41 heavy (non-hydrogen) atoms. The topological polar surface area (TPSA) is 88.5 Å². The number of fused-ring (bicyclic) bond motifs is 3. The zero-order valence-corrected chi connectivity index (χ0v) is 25.1. The van der Waals surface area contributed by atoms with E-state index < -0.39 is 12.6 Å². The van der Waals surface area contributed by atoms with E-state index in [4.69, 9.17) is 14.2 Å². The summed E-state index contributed by atoms with van der Waals surface area (Å²) < 4.78 is 17.6. The molecule has 7 nitrogen and oxygen atoms in total. The zero-order chi connectivity index (χ0) is 29.1. The van der Waals surface area contributed by atoms with E-state index in [-0.39, 0.29) is 47.1 Å². The van der Waals surface area contributed by atoms with Crippen LogP contribution >= 0.6 is 0 Å². The molecule has 2 saturated heterocycles. The van der Waals surface area contributed by atoms with Gasteiger partial charge in [0.2, 0.25) is 5.76 Å². The third-order valence-corrected chi connectivity index (χ3v) is 9.61. The van der Waals surface area contributed by atoms with E-state index in [1.54, 1.807) is 0 Å². The molecule has 0 radical (unpaired) electrons. The van der Waals surface area contributed by atoms with Crippen LogP contribution in [0.25, 0.3) is 0 Å². The number of aliphatic hydroxyl groups is 2. The van der Waals surface area contributed by atoms with Gasteiger partial charge < -0.3 is 24.4 Å². The molecule has 0 spiro atoms. The average molecular weight is 566 g/mol. The Balaban J connectivity index is 1.44. The van der Waals surface area contributed by atoms with E-state index in [1.165, 1.54) is 37.5 Å². The number of esters is 1. The van der Waals surface area contributed by atoms with Crippen LogP contribution in [0.4, 0.5) is 0 Å². The van der Waals surface area contributed by atoms with Crippen LogP contribution in [-0.2, 0) is 31.8 Å². The van der Waals surface area contributed by atoms with E-state index in [9.17, 15) is 15.0 Å². The number of cyclic esters (lactones) is 1. The Morgan fingerprint density at radius 3 is 2.68 bits per heavy atom. The quantitative estimate of drug-likeness (QED) is 0.290. The van der Waals surface area contributed by atoms with Crippen molar-refractivity contribution in [2.24, 2.45) is 17.8 Å². The molecule has 0 bridgehead atoms. The van der Waals surface area contributed by atoms with Gasteiger partial charge in [0.1, 0.15) is 11.3 Å². The van der Waals surface area contributed by atoms with Crippen LogP contribution in [0.3, 0.4) is 0 Å². The van der Waals surface area contributed by atoms with Gasteiger partial charge in [-0.2, -0.15) is 0 Å². The molecule has 4 aliphatic rings. The van der Waals surface area contributed by atoms with Gasteiger partial charge >= 0.3 is 5.97 Å². The predicted octanol–water partition coefficient (Wildman–Crippen LogP) is 5.41. The van der Waals surface area contributed by atoms with Gasteiger partial charge in [-0.3, -0.25) is 4.90 Å². The SMILES string of the molecule is CCCCCc1cccc(C[C@@H]2C[C@H]3[C@@H]4C(=CCCN3[C@H]([C@@H](O)CC)C2)O/C(=C2\OC(=O)C(CO)=C2OC)[C@H]4C)c1. The number of aryl methyl sites for hydroxylation is 1. The summed E-state index contributed by atoms with van der Waals surface area (Å²) in [5.74, 6) is 1.91. The maximum atomic E-state index is 12.5. The molecule has 0 unspecified atom stereocenters. The fourth-order valence-corrected chi connectivity index (χ4v) is 7.57. The van der Waals surface area contributed by atoms with Crippen molar-refractivity contribution < 1.29 is 29.2 Å². The Morgan fingerprint density at radius 2 is 1.95 bits per heavy atom. The van der Waals surface area contributed by atoms with Gasteiger partial charge in [-0.25, -0.2) is 4.79 Å². The summed E-state index contributed by atoms with van der Waals surface area (Å²) in [6.45, 7) is 6.88. The molecule has 0 aliphatic carbocycles. The minimum absolute atomic E-state index is 0.0575. The monoisotopic (exact) mass is 565 g/mol. The molecule has 1 aromatic rings. The Morgan fingerprint density at radius 1 is 1.15 bits per heavy atom. The number of rotatable bonds is 10. The first-order valence-corrected chi connectivity index (χ1v) is 15.6. The van der Waals surface area contributed by atoms with Crippen LogP contribution < -0.4 is 0 Å². The molecule has 2 N–H and O–H groups in total. The fourth-order valence-electron chi connectivity index (χ4n) is 7.57. The van der Waals surface area contributed by atoms with Crippen molar-refractivity contribution in [1.29, 1.82) is 0 Å². The number of carbonyl (C=O) groups is 1. The van der Waals surface area contributed by atoms with Gasteiger partial charge in [0.05, 0.1) is 19.8 Å². The highest BCUT2D eigenvalue weighted by Gasteiger charge is 2.51. The van der Waals surface area contributed by atoms with Crippen LogP contribution in [0.5, 0.6) is 0 Å². The van der Waals surface area contributed by atoms with E-state index in [2.05, 4.69) is 56.0 Å². The third kappa shape index (κ3) is 5.99. The summed E-state index contributed by atoms with van der Waals surface area (Å²) in [5.41, 5.74) is 2.92. The predicted molar refractivity (Wildman–Crippen MR) is 157 cm³/mol. The van der Waals surface area contributed by atoms with Gasteiger partial charge in [0, 0.05) is 30.5 Å². The molecule has 6 atom stereocenters. The van der Waals surface area contributed by atoms with E-state index in [0.29, 0.717) is 11.7 Å². The lowest BCUT2D eigenvalue weighted by Gasteiger charge is -2.49. The Labute approximate surface area is 244 Å². The minimum atomic E-state index is -0.592. The number of ether oxygens (including phenoxy) is 3. The summed E-state index contributed by atoms with van der Waals surface area (Å²) in [5, 5.41) is 21.0. The summed E-state index contributed by atoms with van der Waals surface area (Å²) in [6.07, 6.45) is 11.2. The normalized spacial score (nSPS) is 30.7. The van der Waals surface area contributed by atoms with Gasteiger partial charge in [-0.15, -0.1) is 0 Å². The number of carbonyl (C=O) groups excluding carboxylic acids is 1. The number of hydrogen-bond donors (Lipinski definition) is 2. The van der Waals surface area contributed by atoms with E-state index in [1.807, 2.05) is 0 Å². The second kappa shape index (κ2) is 13.1. The van der Waals surface area contributed by atoms with Crippen molar-refractivity contribution >= 4 is 5.97 Å². The molecule has 7 heteroatoms. The van der Waals surface area contributed by atoms with Crippen LogP contribution in [0.15, 0.2) is 59.0 Å². The number of allylic oxidation sites excluding steroid dienone is 1. The molecule has 2 fully saturated rings. The second-order valence-electron chi connectivity index (χ2n) is 12.2. The summed E-state index contributed by atoms with van der Waals surface area (Å²) in [6, 6.07) is 9.39. The number of unbranched alkanes of at least 4 members (excludes halogenated alkanes) is 2. The minimum Gasteiger partial charge on any atom is -0.492 e. The van der Waals surface area contributed by atoms with Crippen LogP contribution in [0.1, 0.15) is 76.8 Å². The smallest absolute Gasteiger partial charge is 0.345 e. The number of piperidine rings is 1. The average Bonchev–Trinajstić information content (AvgIpc) is 3.40. The molecule has 0 saturated carbocycles. The summed E-state index contributed by atoms with van der Waals surface area (Å²) >= 11 is 0. The first-order valence-electron chi connectivity index (χ1n) is 15.6. The molecule has 1 aromatic carbocycles. The lowest BCUT2D eigenvalue weighted by atomic mass is 9.73. The number of methoxy groups -OCH3 is 1. The molecular formula is C34H47NO6. The molecule has 4 aliphatic heterocycles. The van der Waals surface area contributed by atoms with Gasteiger partial charge in [0.25, 0.3) is 0 Å². The zero-order valence-electron chi connectivity index (χ0n) is 25.1. The lowest BCUT2D eigenvalue weighted by molar-refractivity contribution is -0.133. The molecule has 224 valence electrons. The highest BCUT2D eigenvalue weighted by molar-refractivity contribution is 5.94. The standard InChI is InChI=1S/C34H47NO6/c1-5-7-8-11-22-12-9-13-23(16-22)17-24-18-26(28(37)6-2)35-15-10-14-29-30(27(35)19-24)21(3)31(40-29)33-32(39-4)25(20-36)34(38)41-33/h9,12-14,16,21,24,26-28,30,36-37H,5-8,10-11,15,17-20H2,1-4H3/b33-31-/t21-,24-,26-,27-,28-,30+/m0/s1. The maximum absolute atomic E-state index is 12.5. The van der Waals surface area contributed by atoms with Gasteiger partial charge in [0.15, 0.2) is 11.5 Å². The van der Waals surface area contributed by atoms with E-state index >= 15 is 0 Å². The van der Waals surface area contributed by atoms with Crippen molar-refractivity contribution in [3.8, 4) is 0 Å². The van der Waals surface area contributed by atoms with Crippen LogP contribution in [0.2, 0.25) is 0 Å². The van der Waals surface area contributed by atoms with Crippen molar-refractivity contribution in [3.63, 3.8) is 0 Å². The molecule has 0 aromatic heterocycles. The van der Waals surface area contributed by atoms with Crippen molar-refractivity contribution in [3.05, 3.63) is 70.1 Å². The van der Waals surface area contributed by atoms with Gasteiger partial charge in [-0.1, -0.05) is 57.9 Å². The first kappa shape index (κ1) is 29.9. The van der Waals surface area contributed by atoms with Crippen LogP contribution in [-0.4, -0.2) is 59.5 Å². The summed E-state index contributed by atoms with van der Waals surface area (Å²) in [4.78, 5) is 15.0. The number of aliphatic hydroxyl groups excluding tert-OH is 2. The lowest BCUT2D eigenvalue weighted by Crippen LogP contribution is -2.56. The largest absolute Gasteiger partial charge is 0.492 e. The Bertz CT molecular complexity index is 1200. The van der Waals surface area contributed by atoms with Crippen molar-refractivity contribution in [1.82, 2.24) is 4.90 Å². The summed E-state index contributed by atoms with van der Waals surface area (Å²) in [7, 11) is 1.48. The highest BCUT2D eigenvalue weighted by Crippen LogP contribution is 2.50. The van der Waals surface area contributed by atoms with Gasteiger partial charge in [-0.05, 0) is 68.1 Å². The maximum Gasteiger partial charge on any atom is 0.345 e. The molecular weight excluding hydrogens is 518 g/mol. The highest BCUT2D eigenvalue weighted by atomic mass is 16.6. The number of nitrogens with zero attached hydrogens (tertiary/aromatic N) is 1. The fraction of sp³-hybridized carbons (Fsp3) is 0.618. The Kier molecular flexibility index (Phi) is 9.57. The van der Waals surface area contributed by atoms with Crippen LogP contribution in [0, 0.1) is 17.8 Å². The Hall–Kier alpha value is -2.61. The second-order valence-corrected chi connectivity index (χ2v) is 12.2. The van der Waals surface area contributed by atoms with E-state index in [0.717, 1.165) is 50.8 Å².